The van der Waals surface area contributed by atoms with E-state index >= 15 is 0 Å². The van der Waals surface area contributed by atoms with Crippen molar-refractivity contribution < 1.29 is 9.18 Å². The molecule has 24 heavy (non-hydrogen) atoms. The van der Waals surface area contributed by atoms with Gasteiger partial charge in [-0.2, -0.15) is 5.10 Å². The predicted octanol–water partition coefficient (Wildman–Crippen LogP) is 4.53. The number of rotatable bonds is 3. The Hall–Kier alpha value is -2.66. The zero-order valence-corrected chi connectivity index (χ0v) is 13.9. The molecule has 1 amide bonds. The molecule has 0 aliphatic carbocycles. The summed E-state index contributed by atoms with van der Waals surface area (Å²) in [6.45, 7) is 3.54. The minimum atomic E-state index is -0.338. The van der Waals surface area contributed by atoms with E-state index in [9.17, 15) is 9.18 Å². The van der Waals surface area contributed by atoms with Crippen LogP contribution in [0.3, 0.4) is 0 Å². The molecule has 3 rings (SSSR count). The third kappa shape index (κ3) is 3.16. The second-order valence-electron chi connectivity index (χ2n) is 5.45. The van der Waals surface area contributed by atoms with E-state index in [-0.39, 0.29) is 11.7 Å². The smallest absolute Gasteiger partial charge is 0.259 e. The summed E-state index contributed by atoms with van der Waals surface area (Å²) in [5.41, 5.74) is 3.13. The van der Waals surface area contributed by atoms with E-state index in [1.165, 1.54) is 18.3 Å². The molecule has 0 aliphatic heterocycles. The summed E-state index contributed by atoms with van der Waals surface area (Å²) < 4.78 is 14.8. The molecule has 0 bridgehead atoms. The molecule has 122 valence electrons. The topological polar surface area (TPSA) is 46.9 Å². The van der Waals surface area contributed by atoms with Crippen LogP contribution in [0, 0.1) is 19.7 Å². The van der Waals surface area contributed by atoms with E-state index < -0.39 is 0 Å². The molecule has 0 spiro atoms. The lowest BCUT2D eigenvalue weighted by Crippen LogP contribution is -2.14. The van der Waals surface area contributed by atoms with Crippen molar-refractivity contribution in [3.05, 3.63) is 76.3 Å². The zero-order chi connectivity index (χ0) is 17.3. The van der Waals surface area contributed by atoms with E-state index in [2.05, 4.69) is 10.4 Å². The quantitative estimate of drug-likeness (QED) is 0.759. The van der Waals surface area contributed by atoms with Crippen LogP contribution in [0.1, 0.15) is 21.6 Å². The maximum absolute atomic E-state index is 13.2. The minimum Gasteiger partial charge on any atom is -0.322 e. The first-order chi connectivity index (χ1) is 11.5. The number of amides is 1. The number of nitrogens with one attached hydrogen (secondary N) is 1. The molecular weight excluding hydrogens is 329 g/mol. The molecule has 0 radical (unpaired) electrons. The van der Waals surface area contributed by atoms with Gasteiger partial charge in [-0.25, -0.2) is 9.07 Å². The summed E-state index contributed by atoms with van der Waals surface area (Å²) in [7, 11) is 0. The molecule has 0 unspecified atom stereocenters. The van der Waals surface area contributed by atoms with Crippen LogP contribution in [-0.2, 0) is 0 Å². The Morgan fingerprint density at radius 3 is 2.71 bits per heavy atom. The van der Waals surface area contributed by atoms with Gasteiger partial charge in [0.25, 0.3) is 5.91 Å². The first-order valence-corrected chi connectivity index (χ1v) is 7.71. The Morgan fingerprint density at radius 1 is 1.21 bits per heavy atom. The molecule has 6 heteroatoms. The lowest BCUT2D eigenvalue weighted by atomic mass is 10.1. The summed E-state index contributed by atoms with van der Waals surface area (Å²) in [4.78, 5) is 12.5. The highest BCUT2D eigenvalue weighted by atomic mass is 35.5. The van der Waals surface area contributed by atoms with E-state index in [1.54, 1.807) is 36.7 Å². The monoisotopic (exact) mass is 343 g/mol. The second kappa shape index (κ2) is 6.45. The maximum Gasteiger partial charge on any atom is 0.259 e. The second-order valence-corrected chi connectivity index (χ2v) is 5.89. The van der Waals surface area contributed by atoms with Gasteiger partial charge in [0.05, 0.1) is 23.1 Å². The van der Waals surface area contributed by atoms with E-state index in [0.29, 0.717) is 27.5 Å². The number of nitrogens with zero attached hydrogens (tertiary/aromatic N) is 2. The molecule has 0 fully saturated rings. The van der Waals surface area contributed by atoms with Crippen molar-refractivity contribution in [3.63, 3.8) is 0 Å². The van der Waals surface area contributed by atoms with Gasteiger partial charge in [-0.05, 0) is 55.8 Å². The fourth-order valence-electron chi connectivity index (χ4n) is 2.46. The van der Waals surface area contributed by atoms with Crippen molar-refractivity contribution in [2.45, 2.75) is 13.8 Å². The molecular formula is C18H15ClFN3O. The zero-order valence-electron chi connectivity index (χ0n) is 13.2. The van der Waals surface area contributed by atoms with Gasteiger partial charge in [-0.3, -0.25) is 4.79 Å². The molecule has 2 aromatic carbocycles. The van der Waals surface area contributed by atoms with Gasteiger partial charge >= 0.3 is 0 Å². The van der Waals surface area contributed by atoms with Crippen LogP contribution in [0.4, 0.5) is 10.1 Å². The highest BCUT2D eigenvalue weighted by Gasteiger charge is 2.16. The molecule has 0 saturated heterocycles. The van der Waals surface area contributed by atoms with Gasteiger partial charge < -0.3 is 5.32 Å². The van der Waals surface area contributed by atoms with Crippen molar-refractivity contribution in [2.75, 3.05) is 5.32 Å². The number of halogens is 2. The fraction of sp³-hybridized carbons (Fsp3) is 0.111. The number of anilines is 1. The summed E-state index contributed by atoms with van der Waals surface area (Å²) in [6.07, 6.45) is 1.50. The number of benzene rings is 2. The molecule has 1 N–H and O–H groups in total. The van der Waals surface area contributed by atoms with Crippen LogP contribution in [-0.4, -0.2) is 15.7 Å². The average Bonchev–Trinajstić information content (AvgIpc) is 2.92. The predicted molar refractivity (Wildman–Crippen MR) is 92.4 cm³/mol. The Labute approximate surface area is 143 Å². The first kappa shape index (κ1) is 16.2. The summed E-state index contributed by atoms with van der Waals surface area (Å²) in [5.74, 6) is -0.633. The van der Waals surface area contributed by atoms with Gasteiger partial charge in [0.1, 0.15) is 5.82 Å². The number of hydrogen-bond donors (Lipinski definition) is 1. The normalized spacial score (nSPS) is 10.7. The largest absolute Gasteiger partial charge is 0.322 e. The van der Waals surface area contributed by atoms with E-state index in [1.807, 2.05) is 12.1 Å². The van der Waals surface area contributed by atoms with Crippen LogP contribution < -0.4 is 5.32 Å². The highest BCUT2D eigenvalue weighted by Crippen LogP contribution is 2.20. The first-order valence-electron chi connectivity index (χ1n) is 7.34. The van der Waals surface area contributed by atoms with Crippen molar-refractivity contribution >= 4 is 23.2 Å². The number of hydrogen-bond acceptors (Lipinski definition) is 2. The van der Waals surface area contributed by atoms with Crippen molar-refractivity contribution in [1.82, 2.24) is 9.78 Å². The standard InChI is InChI=1S/C18H15ClFN3O/c1-11-8-14(20)6-7-17(11)22-18(24)16-10-21-23(12(16)2)15-5-3-4-13(19)9-15/h3-10H,1-2H3,(H,22,24). The Kier molecular flexibility index (Phi) is 4.36. The number of aryl methyl sites for hydroxylation is 1. The summed E-state index contributed by atoms with van der Waals surface area (Å²) >= 11 is 6.00. The van der Waals surface area contributed by atoms with E-state index in [0.717, 1.165) is 5.69 Å². The molecule has 1 aromatic heterocycles. The number of carbonyl (C=O) groups excluding carboxylic acids is 1. The maximum atomic E-state index is 13.2. The Morgan fingerprint density at radius 2 is 2.00 bits per heavy atom. The summed E-state index contributed by atoms with van der Waals surface area (Å²) in [6, 6.07) is 11.4. The van der Waals surface area contributed by atoms with Crippen LogP contribution in [0.15, 0.2) is 48.7 Å². The van der Waals surface area contributed by atoms with Crippen molar-refractivity contribution in [1.29, 1.82) is 0 Å². The number of aromatic nitrogens is 2. The van der Waals surface area contributed by atoms with E-state index in [4.69, 9.17) is 11.6 Å². The third-order valence-corrected chi connectivity index (χ3v) is 3.98. The fourth-order valence-corrected chi connectivity index (χ4v) is 2.64. The van der Waals surface area contributed by atoms with Crippen molar-refractivity contribution in [2.24, 2.45) is 0 Å². The molecule has 4 nitrogen and oxygen atoms in total. The van der Waals surface area contributed by atoms with Gasteiger partial charge in [0.15, 0.2) is 0 Å². The molecule has 0 aliphatic rings. The Bertz CT molecular complexity index is 920. The van der Waals surface area contributed by atoms with Crippen molar-refractivity contribution in [3.8, 4) is 5.69 Å². The molecule has 3 aromatic rings. The van der Waals surface area contributed by atoms with Crippen LogP contribution in [0.25, 0.3) is 5.69 Å². The minimum absolute atomic E-state index is 0.296. The molecule has 0 saturated carbocycles. The van der Waals surface area contributed by atoms with Crippen LogP contribution >= 0.6 is 11.6 Å². The van der Waals surface area contributed by atoms with Crippen LogP contribution in [0.5, 0.6) is 0 Å². The van der Waals surface area contributed by atoms with Gasteiger partial charge in [-0.15, -0.1) is 0 Å². The third-order valence-electron chi connectivity index (χ3n) is 3.74. The SMILES string of the molecule is Cc1cc(F)ccc1NC(=O)c1cnn(-c2cccc(Cl)c2)c1C. The Balaban J connectivity index is 1.89. The lowest BCUT2D eigenvalue weighted by molar-refractivity contribution is 0.102. The molecule has 0 atom stereocenters. The average molecular weight is 344 g/mol. The van der Waals surface area contributed by atoms with Gasteiger partial charge in [0, 0.05) is 10.7 Å². The van der Waals surface area contributed by atoms with Gasteiger partial charge in [0.2, 0.25) is 0 Å². The molecule has 1 heterocycles. The number of carbonyl (C=O) groups is 1. The highest BCUT2D eigenvalue weighted by molar-refractivity contribution is 6.30. The van der Waals surface area contributed by atoms with Crippen LogP contribution in [0.2, 0.25) is 5.02 Å². The van der Waals surface area contributed by atoms with Gasteiger partial charge in [-0.1, -0.05) is 17.7 Å². The summed E-state index contributed by atoms with van der Waals surface area (Å²) in [5, 5.41) is 7.64. The lowest BCUT2D eigenvalue weighted by Gasteiger charge is -2.09.